The molecule has 3 aliphatic rings. The molecule has 0 unspecified atom stereocenters. The molecule has 0 N–H and O–H groups in total. The van der Waals surface area contributed by atoms with E-state index >= 15 is 0 Å². The van der Waals surface area contributed by atoms with Gasteiger partial charge in [-0.05, 0) is 19.3 Å². The third-order valence-electron chi connectivity index (χ3n) is 4.23. The lowest BCUT2D eigenvalue weighted by molar-refractivity contribution is 0.165. The third kappa shape index (κ3) is 4.14. The lowest BCUT2D eigenvalue weighted by atomic mass is 10.4. The molecule has 0 aliphatic carbocycles. The molecule has 0 spiro atoms. The second-order valence-corrected chi connectivity index (χ2v) is 8.20. The summed E-state index contributed by atoms with van der Waals surface area (Å²) in [6.45, 7) is 18.4. The largest absolute Gasteiger partial charge is 0.299 e. The monoisotopic (exact) mass is 300 g/mol. The first-order valence-corrected chi connectivity index (χ1v) is 9.77. The van der Waals surface area contributed by atoms with Crippen molar-refractivity contribution in [1.29, 1.82) is 0 Å². The van der Waals surface area contributed by atoms with Gasteiger partial charge in [0.25, 0.3) is 0 Å². The maximum absolute atomic E-state index is 2.80. The maximum Gasteiger partial charge on any atom is 0.120 e. The van der Waals surface area contributed by atoms with E-state index in [1.807, 2.05) is 0 Å². The zero-order valence-electron chi connectivity index (χ0n) is 13.7. The van der Waals surface area contributed by atoms with Gasteiger partial charge in [-0.15, -0.1) is 0 Å². The van der Waals surface area contributed by atoms with Crippen LogP contribution in [0.3, 0.4) is 0 Å². The fraction of sp³-hybridized carbons (Fsp3) is 1.00. The van der Waals surface area contributed by atoms with E-state index in [1.54, 1.807) is 0 Å². The molecule has 3 aliphatic heterocycles. The van der Waals surface area contributed by atoms with Crippen molar-refractivity contribution >= 4 is 8.37 Å². The Morgan fingerprint density at radius 2 is 0.950 bits per heavy atom. The van der Waals surface area contributed by atoms with Gasteiger partial charge in [-0.25, -0.2) is 0 Å². The van der Waals surface area contributed by atoms with Crippen LogP contribution in [0.4, 0.5) is 0 Å². The van der Waals surface area contributed by atoms with Crippen LogP contribution in [0.1, 0.15) is 40.0 Å². The lowest BCUT2D eigenvalue weighted by Gasteiger charge is -2.50. The molecule has 5 heteroatoms. The third-order valence-corrected chi connectivity index (χ3v) is 6.95. The van der Waals surface area contributed by atoms with Crippen LogP contribution in [0, 0.1) is 0 Å². The number of hydrogen-bond acceptors (Lipinski definition) is 4. The summed E-state index contributed by atoms with van der Waals surface area (Å²) in [5, 5.41) is 0. The summed E-state index contributed by atoms with van der Waals surface area (Å²) in [5.41, 5.74) is 0. The minimum Gasteiger partial charge on any atom is -0.299 e. The van der Waals surface area contributed by atoms with Crippen LogP contribution in [0.2, 0.25) is 0 Å². The van der Waals surface area contributed by atoms with Crippen molar-refractivity contribution in [2.24, 2.45) is 0 Å². The molecule has 0 aromatic heterocycles. The summed E-state index contributed by atoms with van der Waals surface area (Å²) < 4.78 is 8.39. The van der Waals surface area contributed by atoms with Gasteiger partial charge in [0.05, 0.1) is 0 Å². The summed E-state index contributed by atoms with van der Waals surface area (Å²) in [6.07, 6.45) is 3.83. The van der Waals surface area contributed by atoms with Crippen LogP contribution in [-0.2, 0) is 0 Å². The van der Waals surface area contributed by atoms with E-state index in [9.17, 15) is 0 Å². The van der Waals surface area contributed by atoms with Gasteiger partial charge in [-0.2, -0.15) is 0 Å². The van der Waals surface area contributed by atoms with Crippen molar-refractivity contribution in [2.45, 2.75) is 40.0 Å². The molecule has 0 aromatic carbocycles. The van der Waals surface area contributed by atoms with Crippen molar-refractivity contribution in [3.05, 3.63) is 0 Å². The lowest BCUT2D eigenvalue weighted by Crippen LogP contribution is -2.52. The Kier molecular flexibility index (Phi) is 7.20. The Bertz CT molecular complexity index is 234. The number of nitrogens with zero attached hydrogens (tertiary/aromatic N) is 4. The van der Waals surface area contributed by atoms with Crippen LogP contribution < -0.4 is 0 Å². The summed E-state index contributed by atoms with van der Waals surface area (Å²) >= 11 is 0. The first-order chi connectivity index (χ1) is 9.80. The van der Waals surface area contributed by atoms with Crippen molar-refractivity contribution < 1.29 is 0 Å². The van der Waals surface area contributed by atoms with Crippen molar-refractivity contribution in [1.82, 2.24) is 18.9 Å². The minimum atomic E-state index is -0.212. The van der Waals surface area contributed by atoms with Crippen LogP contribution in [0.15, 0.2) is 0 Å². The topological polar surface area (TPSA) is 13.0 Å². The molecule has 3 fully saturated rings. The van der Waals surface area contributed by atoms with E-state index in [4.69, 9.17) is 0 Å². The highest BCUT2D eigenvalue weighted by Crippen LogP contribution is 2.49. The molecular weight excluding hydrogens is 267 g/mol. The Hall–Kier alpha value is 0.270. The van der Waals surface area contributed by atoms with E-state index in [2.05, 4.69) is 39.7 Å². The SMILES string of the molecule is CCCN1CCN2CCN(CCC)P1N(CCC)CC2. The number of fused-ring (bicyclic) bond motifs is 6. The summed E-state index contributed by atoms with van der Waals surface area (Å²) in [4.78, 5) is 2.68. The summed E-state index contributed by atoms with van der Waals surface area (Å²) in [6, 6.07) is 0. The molecule has 3 rings (SSSR count). The molecule has 0 saturated carbocycles. The minimum absolute atomic E-state index is 0.212. The number of rotatable bonds is 6. The van der Waals surface area contributed by atoms with Gasteiger partial charge in [0.1, 0.15) is 8.37 Å². The van der Waals surface area contributed by atoms with Gasteiger partial charge in [-0.3, -0.25) is 18.9 Å². The summed E-state index contributed by atoms with van der Waals surface area (Å²) in [7, 11) is -0.212. The molecule has 118 valence electrons. The van der Waals surface area contributed by atoms with Gasteiger partial charge in [0.2, 0.25) is 0 Å². The molecule has 2 bridgehead atoms. The maximum atomic E-state index is 2.80. The van der Waals surface area contributed by atoms with E-state index < -0.39 is 0 Å². The van der Waals surface area contributed by atoms with Crippen molar-refractivity contribution in [2.75, 3.05) is 58.9 Å². The molecule has 3 heterocycles. The normalized spacial score (nSPS) is 30.1. The highest BCUT2D eigenvalue weighted by Gasteiger charge is 2.34. The van der Waals surface area contributed by atoms with E-state index in [1.165, 1.54) is 78.2 Å². The molecule has 0 radical (unpaired) electrons. The van der Waals surface area contributed by atoms with E-state index in [-0.39, 0.29) is 8.37 Å². The van der Waals surface area contributed by atoms with Crippen molar-refractivity contribution in [3.63, 3.8) is 0 Å². The van der Waals surface area contributed by atoms with Crippen LogP contribution in [0.5, 0.6) is 0 Å². The molecule has 4 nitrogen and oxygen atoms in total. The van der Waals surface area contributed by atoms with Crippen LogP contribution in [-0.4, -0.2) is 77.8 Å². The quantitative estimate of drug-likeness (QED) is 0.699. The fourth-order valence-corrected chi connectivity index (χ4v) is 6.30. The first-order valence-electron chi connectivity index (χ1n) is 8.57. The highest BCUT2D eigenvalue weighted by atomic mass is 31.2. The Balaban J connectivity index is 2.20. The van der Waals surface area contributed by atoms with Gasteiger partial charge in [0.15, 0.2) is 0 Å². The molecule has 0 aromatic rings. The standard InChI is InChI=1S/C15H33N4P/c1-4-7-17-13-10-16-11-14-18(8-5-2)20(17)19(9-6-3)15-12-16/h4-15H2,1-3H3. The molecule has 3 saturated heterocycles. The first kappa shape index (κ1) is 16.6. The van der Waals surface area contributed by atoms with Gasteiger partial charge >= 0.3 is 0 Å². The molecule has 0 atom stereocenters. The van der Waals surface area contributed by atoms with Crippen LogP contribution >= 0.6 is 8.37 Å². The van der Waals surface area contributed by atoms with Gasteiger partial charge in [0, 0.05) is 58.9 Å². The van der Waals surface area contributed by atoms with Gasteiger partial charge < -0.3 is 0 Å². The van der Waals surface area contributed by atoms with E-state index in [0.717, 1.165) is 0 Å². The fourth-order valence-electron chi connectivity index (χ4n) is 3.29. The Morgan fingerprint density at radius 3 is 1.25 bits per heavy atom. The Labute approximate surface area is 127 Å². The highest BCUT2D eigenvalue weighted by molar-refractivity contribution is 7.50. The van der Waals surface area contributed by atoms with E-state index in [0.29, 0.717) is 0 Å². The number of hydrogen-bond donors (Lipinski definition) is 0. The van der Waals surface area contributed by atoms with Crippen LogP contribution in [0.25, 0.3) is 0 Å². The van der Waals surface area contributed by atoms with Crippen molar-refractivity contribution in [3.8, 4) is 0 Å². The summed E-state index contributed by atoms with van der Waals surface area (Å²) in [5.74, 6) is 0. The predicted octanol–water partition coefficient (Wildman–Crippen LogP) is 2.68. The molecule has 0 amide bonds. The van der Waals surface area contributed by atoms with Gasteiger partial charge in [-0.1, -0.05) is 20.8 Å². The predicted molar refractivity (Wildman–Crippen MR) is 89.0 cm³/mol. The average molecular weight is 300 g/mol. The smallest absolute Gasteiger partial charge is 0.120 e. The second-order valence-electron chi connectivity index (χ2n) is 5.97. The zero-order chi connectivity index (χ0) is 14.4. The second kappa shape index (κ2) is 8.65. The average Bonchev–Trinajstić information content (AvgIpc) is 2.40. The molecular formula is C15H33N4P. The molecule has 20 heavy (non-hydrogen) atoms. The Morgan fingerprint density at radius 1 is 0.600 bits per heavy atom. The zero-order valence-corrected chi connectivity index (χ0v) is 14.6.